The van der Waals surface area contributed by atoms with Gasteiger partial charge in [0, 0.05) is 29.2 Å². The second kappa shape index (κ2) is 8.70. The van der Waals surface area contributed by atoms with Crippen molar-refractivity contribution in [3.8, 4) is 5.75 Å². The Bertz CT molecular complexity index is 1020. The number of piperidine rings is 1. The number of amides is 1. The van der Waals surface area contributed by atoms with E-state index >= 15 is 0 Å². The Labute approximate surface area is 175 Å². The van der Waals surface area contributed by atoms with Crippen LogP contribution >= 0.6 is 11.6 Å². The van der Waals surface area contributed by atoms with Gasteiger partial charge < -0.3 is 15.0 Å². The normalized spacial score (nSPS) is 16.6. The van der Waals surface area contributed by atoms with Gasteiger partial charge in [0.05, 0.1) is 0 Å². The standard InChI is InChI=1S/C23H24ClN3O2/c1-16-5-4-12-27(14-16)21-11-10-17-6-2-9-20(23(17)26-21)29-15-22(28)25-19-8-3-7-18(24)13-19/h2-3,6-11,13,16H,4-5,12,14-15H2,1H3,(H,25,28)/t16-/m0/s1. The molecule has 0 radical (unpaired) electrons. The third-order valence-corrected chi connectivity index (χ3v) is 5.35. The minimum atomic E-state index is -0.245. The van der Waals surface area contributed by atoms with Gasteiger partial charge in [-0.05, 0) is 55.2 Å². The van der Waals surface area contributed by atoms with Crippen LogP contribution in [-0.2, 0) is 4.79 Å². The average Bonchev–Trinajstić information content (AvgIpc) is 2.72. The number of nitrogens with zero attached hydrogens (tertiary/aromatic N) is 2. The van der Waals surface area contributed by atoms with Gasteiger partial charge in [-0.3, -0.25) is 4.79 Å². The molecule has 4 rings (SSSR count). The number of pyridine rings is 1. The minimum Gasteiger partial charge on any atom is -0.481 e. The van der Waals surface area contributed by atoms with E-state index in [-0.39, 0.29) is 12.5 Å². The molecule has 1 atom stereocenters. The average molecular weight is 410 g/mol. The molecule has 0 spiro atoms. The van der Waals surface area contributed by atoms with Crippen molar-refractivity contribution in [2.75, 3.05) is 29.9 Å². The maximum absolute atomic E-state index is 12.3. The molecule has 1 amide bonds. The van der Waals surface area contributed by atoms with Crippen molar-refractivity contribution in [1.29, 1.82) is 0 Å². The first-order chi connectivity index (χ1) is 14.1. The Morgan fingerprint density at radius 1 is 1.24 bits per heavy atom. The highest BCUT2D eigenvalue weighted by atomic mass is 35.5. The van der Waals surface area contributed by atoms with Crippen molar-refractivity contribution in [1.82, 2.24) is 4.98 Å². The van der Waals surface area contributed by atoms with E-state index in [2.05, 4.69) is 29.3 Å². The number of fused-ring (bicyclic) bond motifs is 1. The first kappa shape index (κ1) is 19.5. The predicted octanol–water partition coefficient (Wildman–Crippen LogP) is 5.14. The molecule has 2 heterocycles. The van der Waals surface area contributed by atoms with Crippen LogP contribution in [0.4, 0.5) is 11.5 Å². The zero-order valence-corrected chi connectivity index (χ0v) is 17.2. The van der Waals surface area contributed by atoms with Gasteiger partial charge in [-0.2, -0.15) is 0 Å². The summed E-state index contributed by atoms with van der Waals surface area (Å²) in [5, 5.41) is 4.36. The Hall–Kier alpha value is -2.79. The van der Waals surface area contributed by atoms with E-state index in [1.807, 2.05) is 18.2 Å². The van der Waals surface area contributed by atoms with E-state index in [9.17, 15) is 4.79 Å². The van der Waals surface area contributed by atoms with Crippen LogP contribution in [0.25, 0.3) is 10.9 Å². The second-order valence-corrected chi connectivity index (χ2v) is 7.97. The van der Waals surface area contributed by atoms with Crippen LogP contribution in [0.1, 0.15) is 19.8 Å². The number of aromatic nitrogens is 1. The Balaban J connectivity index is 1.49. The molecule has 2 aromatic carbocycles. The predicted molar refractivity (Wildman–Crippen MR) is 118 cm³/mol. The summed E-state index contributed by atoms with van der Waals surface area (Å²) in [6, 6.07) is 16.9. The molecule has 0 aliphatic carbocycles. The third kappa shape index (κ3) is 4.80. The molecular formula is C23H24ClN3O2. The third-order valence-electron chi connectivity index (χ3n) is 5.12. The molecule has 6 heteroatoms. The molecule has 29 heavy (non-hydrogen) atoms. The fourth-order valence-corrected chi connectivity index (χ4v) is 3.90. The fourth-order valence-electron chi connectivity index (χ4n) is 3.71. The summed E-state index contributed by atoms with van der Waals surface area (Å²) in [6.07, 6.45) is 2.45. The fraction of sp³-hybridized carbons (Fsp3) is 0.304. The minimum absolute atomic E-state index is 0.0989. The van der Waals surface area contributed by atoms with Gasteiger partial charge in [0.2, 0.25) is 0 Å². The zero-order valence-electron chi connectivity index (χ0n) is 16.4. The maximum Gasteiger partial charge on any atom is 0.262 e. The molecule has 1 aliphatic rings. The first-order valence-corrected chi connectivity index (χ1v) is 10.3. The highest BCUT2D eigenvalue weighted by molar-refractivity contribution is 6.30. The molecular weight excluding hydrogens is 386 g/mol. The molecule has 1 N–H and O–H groups in total. The Morgan fingerprint density at radius 2 is 2.10 bits per heavy atom. The quantitative estimate of drug-likeness (QED) is 0.633. The molecule has 3 aromatic rings. The smallest absolute Gasteiger partial charge is 0.262 e. The molecule has 150 valence electrons. The number of carbonyl (C=O) groups excluding carboxylic acids is 1. The number of hydrogen-bond acceptors (Lipinski definition) is 4. The highest BCUT2D eigenvalue weighted by Gasteiger charge is 2.18. The lowest BCUT2D eigenvalue weighted by Gasteiger charge is -2.32. The summed E-state index contributed by atoms with van der Waals surface area (Å²) in [6.45, 7) is 4.22. The zero-order chi connectivity index (χ0) is 20.2. The molecule has 1 aliphatic heterocycles. The van der Waals surface area contributed by atoms with Crippen molar-refractivity contribution in [3.05, 3.63) is 59.6 Å². The van der Waals surface area contributed by atoms with E-state index in [0.29, 0.717) is 22.4 Å². The summed E-state index contributed by atoms with van der Waals surface area (Å²) in [5.74, 6) is 1.99. The monoisotopic (exact) mass is 409 g/mol. The van der Waals surface area contributed by atoms with Gasteiger partial charge >= 0.3 is 0 Å². The number of halogens is 1. The van der Waals surface area contributed by atoms with E-state index in [1.54, 1.807) is 24.3 Å². The topological polar surface area (TPSA) is 54.5 Å². The van der Waals surface area contributed by atoms with E-state index < -0.39 is 0 Å². The van der Waals surface area contributed by atoms with Crippen LogP contribution in [-0.4, -0.2) is 30.6 Å². The molecule has 0 saturated carbocycles. The summed E-state index contributed by atoms with van der Waals surface area (Å²) < 4.78 is 5.82. The number of carbonyl (C=O) groups is 1. The first-order valence-electron chi connectivity index (χ1n) is 9.91. The Morgan fingerprint density at radius 3 is 2.93 bits per heavy atom. The van der Waals surface area contributed by atoms with Crippen LogP contribution in [0.3, 0.4) is 0 Å². The number of benzene rings is 2. The highest BCUT2D eigenvalue weighted by Crippen LogP contribution is 2.28. The van der Waals surface area contributed by atoms with E-state index in [1.165, 1.54) is 12.8 Å². The largest absolute Gasteiger partial charge is 0.481 e. The molecule has 5 nitrogen and oxygen atoms in total. The van der Waals surface area contributed by atoms with Crippen LogP contribution in [0, 0.1) is 5.92 Å². The summed E-state index contributed by atoms with van der Waals surface area (Å²) in [5.41, 5.74) is 1.42. The van der Waals surface area contributed by atoms with Gasteiger partial charge in [0.25, 0.3) is 5.91 Å². The number of hydrogen-bond donors (Lipinski definition) is 1. The molecule has 1 saturated heterocycles. The molecule has 1 fully saturated rings. The maximum atomic E-state index is 12.3. The summed E-state index contributed by atoms with van der Waals surface area (Å²) in [4.78, 5) is 19.5. The summed E-state index contributed by atoms with van der Waals surface area (Å²) >= 11 is 5.96. The van der Waals surface area contributed by atoms with Crippen LogP contribution < -0.4 is 15.0 Å². The lowest BCUT2D eigenvalue weighted by atomic mass is 10.0. The lowest BCUT2D eigenvalue weighted by molar-refractivity contribution is -0.118. The molecule has 1 aromatic heterocycles. The number of rotatable bonds is 5. The number of ether oxygens (including phenoxy) is 1. The number of anilines is 2. The van der Waals surface area contributed by atoms with Gasteiger partial charge in [0.1, 0.15) is 17.1 Å². The van der Waals surface area contributed by atoms with Crippen LogP contribution in [0.15, 0.2) is 54.6 Å². The van der Waals surface area contributed by atoms with Crippen molar-refractivity contribution in [2.24, 2.45) is 5.92 Å². The van der Waals surface area contributed by atoms with Gasteiger partial charge in [0.15, 0.2) is 6.61 Å². The van der Waals surface area contributed by atoms with Crippen molar-refractivity contribution >= 4 is 39.9 Å². The van der Waals surface area contributed by atoms with Crippen molar-refractivity contribution in [2.45, 2.75) is 19.8 Å². The SMILES string of the molecule is C[C@H]1CCCN(c2ccc3cccc(OCC(=O)Nc4cccc(Cl)c4)c3n2)C1. The number of para-hydroxylation sites is 1. The van der Waals surface area contributed by atoms with E-state index in [0.717, 1.165) is 29.8 Å². The molecule has 0 bridgehead atoms. The van der Waals surface area contributed by atoms with Crippen molar-refractivity contribution < 1.29 is 9.53 Å². The van der Waals surface area contributed by atoms with Crippen molar-refractivity contribution in [3.63, 3.8) is 0 Å². The molecule has 0 unspecified atom stereocenters. The number of nitrogens with one attached hydrogen (secondary N) is 1. The second-order valence-electron chi connectivity index (χ2n) is 7.54. The van der Waals surface area contributed by atoms with E-state index in [4.69, 9.17) is 21.3 Å². The van der Waals surface area contributed by atoms with Crippen LogP contribution in [0.2, 0.25) is 5.02 Å². The van der Waals surface area contributed by atoms with Gasteiger partial charge in [-0.25, -0.2) is 4.98 Å². The lowest BCUT2D eigenvalue weighted by Crippen LogP contribution is -2.34. The van der Waals surface area contributed by atoms with Crippen LogP contribution in [0.5, 0.6) is 5.75 Å². The van der Waals surface area contributed by atoms with Gasteiger partial charge in [-0.1, -0.05) is 36.7 Å². The van der Waals surface area contributed by atoms with Gasteiger partial charge in [-0.15, -0.1) is 0 Å². The Kier molecular flexibility index (Phi) is 5.86. The summed E-state index contributed by atoms with van der Waals surface area (Å²) in [7, 11) is 0.